The highest BCUT2D eigenvalue weighted by molar-refractivity contribution is 5.37. The zero-order chi connectivity index (χ0) is 13.9. The molecule has 0 bridgehead atoms. The highest BCUT2D eigenvalue weighted by Crippen LogP contribution is 2.19. The molecule has 0 spiro atoms. The molecule has 20 heavy (non-hydrogen) atoms. The summed E-state index contributed by atoms with van der Waals surface area (Å²) in [5, 5.41) is 9.19. The van der Waals surface area contributed by atoms with Gasteiger partial charge in [-0.3, -0.25) is 0 Å². The lowest BCUT2D eigenvalue weighted by atomic mass is 10.0. The number of benzene rings is 1. The number of hydrogen-bond acceptors (Lipinski definition) is 4. The molecule has 2 aromatic rings. The molecule has 4 nitrogen and oxygen atoms in total. The van der Waals surface area contributed by atoms with Crippen molar-refractivity contribution in [1.29, 1.82) is 0 Å². The molecule has 1 N–H and O–H groups in total. The minimum Gasteiger partial charge on any atom is -0.392 e. The Bertz CT molecular complexity index is 585. The number of aliphatic hydroxyl groups is 1. The Morgan fingerprint density at radius 2 is 1.80 bits per heavy atom. The number of fused-ring (bicyclic) bond motifs is 1. The quantitative estimate of drug-likeness (QED) is 0.904. The van der Waals surface area contributed by atoms with Crippen LogP contribution in [0.2, 0.25) is 0 Å². The van der Waals surface area contributed by atoms with Crippen molar-refractivity contribution in [2.45, 2.75) is 26.4 Å². The number of anilines is 1. The lowest BCUT2D eigenvalue weighted by Gasteiger charge is -2.20. The third kappa shape index (κ3) is 2.51. The Morgan fingerprint density at radius 3 is 2.35 bits per heavy atom. The van der Waals surface area contributed by atoms with E-state index >= 15 is 0 Å². The fourth-order valence-electron chi connectivity index (χ4n) is 2.66. The molecule has 0 unspecified atom stereocenters. The third-order valence-corrected chi connectivity index (χ3v) is 3.94. The summed E-state index contributed by atoms with van der Waals surface area (Å²) in [5.41, 5.74) is 4.52. The van der Waals surface area contributed by atoms with Gasteiger partial charge in [-0.05, 0) is 30.9 Å². The highest BCUT2D eigenvalue weighted by Gasteiger charge is 2.16. The number of rotatable bonds is 2. The maximum Gasteiger partial charge on any atom is 0.225 e. The lowest BCUT2D eigenvalue weighted by molar-refractivity contribution is 0.280. The summed E-state index contributed by atoms with van der Waals surface area (Å²) in [4.78, 5) is 11.2. The van der Waals surface area contributed by atoms with E-state index in [2.05, 4.69) is 39.1 Å². The Hall–Kier alpha value is -1.94. The van der Waals surface area contributed by atoms with Crippen molar-refractivity contribution in [1.82, 2.24) is 9.97 Å². The smallest absolute Gasteiger partial charge is 0.225 e. The summed E-state index contributed by atoms with van der Waals surface area (Å²) in [7, 11) is 0. The molecule has 104 valence electrons. The van der Waals surface area contributed by atoms with Gasteiger partial charge in [-0.2, -0.15) is 0 Å². The second-order valence-electron chi connectivity index (χ2n) is 5.19. The summed E-state index contributed by atoms with van der Waals surface area (Å²) < 4.78 is 0. The fourth-order valence-corrected chi connectivity index (χ4v) is 2.66. The number of aryl methyl sites for hydroxylation is 1. The maximum atomic E-state index is 9.19. The molecule has 3 rings (SSSR count). The zero-order valence-electron chi connectivity index (χ0n) is 11.7. The predicted molar refractivity (Wildman–Crippen MR) is 78.8 cm³/mol. The Morgan fingerprint density at radius 1 is 1.15 bits per heavy atom. The number of hydrogen-bond donors (Lipinski definition) is 1. The molecule has 4 heteroatoms. The first kappa shape index (κ1) is 13.1. The standard InChI is InChI=1S/C16H19N3O/c1-12-15(11-20)10-17-16(18-12)19-8-6-13-4-2-3-5-14(13)7-9-19/h2-5,10,20H,6-9,11H2,1H3. The Kier molecular flexibility index (Phi) is 3.65. The summed E-state index contributed by atoms with van der Waals surface area (Å²) >= 11 is 0. The number of aliphatic hydroxyl groups excluding tert-OH is 1. The van der Waals surface area contributed by atoms with Crippen LogP contribution >= 0.6 is 0 Å². The van der Waals surface area contributed by atoms with E-state index in [9.17, 15) is 5.11 Å². The van der Waals surface area contributed by atoms with Crippen LogP contribution in [0.15, 0.2) is 30.5 Å². The van der Waals surface area contributed by atoms with E-state index in [1.54, 1.807) is 6.20 Å². The zero-order valence-corrected chi connectivity index (χ0v) is 11.7. The number of aromatic nitrogens is 2. The normalized spacial score (nSPS) is 14.8. The van der Waals surface area contributed by atoms with Gasteiger partial charge in [0.2, 0.25) is 5.95 Å². The second-order valence-corrected chi connectivity index (χ2v) is 5.19. The van der Waals surface area contributed by atoms with Gasteiger partial charge in [-0.15, -0.1) is 0 Å². The summed E-state index contributed by atoms with van der Waals surface area (Å²) in [6.45, 7) is 3.80. The average molecular weight is 269 g/mol. The Balaban J connectivity index is 1.81. The van der Waals surface area contributed by atoms with E-state index in [-0.39, 0.29) is 6.61 Å². The van der Waals surface area contributed by atoms with E-state index in [0.717, 1.165) is 43.1 Å². The molecule has 0 saturated heterocycles. The van der Waals surface area contributed by atoms with Gasteiger partial charge in [-0.25, -0.2) is 9.97 Å². The monoisotopic (exact) mass is 269 g/mol. The van der Waals surface area contributed by atoms with Crippen molar-refractivity contribution in [3.63, 3.8) is 0 Å². The van der Waals surface area contributed by atoms with Gasteiger partial charge in [0.05, 0.1) is 6.61 Å². The van der Waals surface area contributed by atoms with E-state index in [4.69, 9.17) is 0 Å². The topological polar surface area (TPSA) is 49.2 Å². The number of nitrogens with zero attached hydrogens (tertiary/aromatic N) is 3. The van der Waals surface area contributed by atoms with Crippen LogP contribution in [-0.2, 0) is 19.4 Å². The SMILES string of the molecule is Cc1nc(N2CCc3ccccc3CC2)ncc1CO. The molecule has 0 amide bonds. The van der Waals surface area contributed by atoms with Crippen molar-refractivity contribution in [2.75, 3.05) is 18.0 Å². The van der Waals surface area contributed by atoms with Gasteiger partial charge in [0.1, 0.15) is 0 Å². The van der Waals surface area contributed by atoms with E-state index in [0.29, 0.717) is 0 Å². The van der Waals surface area contributed by atoms with Gasteiger partial charge in [0.15, 0.2) is 0 Å². The molecule has 0 atom stereocenters. The van der Waals surface area contributed by atoms with E-state index in [1.165, 1.54) is 11.1 Å². The van der Waals surface area contributed by atoms with E-state index < -0.39 is 0 Å². The molecule has 1 aromatic heterocycles. The van der Waals surface area contributed by atoms with Crippen LogP contribution in [0.4, 0.5) is 5.95 Å². The van der Waals surface area contributed by atoms with Crippen LogP contribution in [0.3, 0.4) is 0 Å². The second kappa shape index (κ2) is 5.59. The minimum atomic E-state index is -0.00243. The van der Waals surface area contributed by atoms with Crippen LogP contribution < -0.4 is 4.90 Å². The van der Waals surface area contributed by atoms with Gasteiger partial charge in [0.25, 0.3) is 0 Å². The molecule has 0 aliphatic carbocycles. The largest absolute Gasteiger partial charge is 0.392 e. The predicted octanol–water partition coefficient (Wildman–Crippen LogP) is 1.88. The van der Waals surface area contributed by atoms with Crippen molar-refractivity contribution < 1.29 is 5.11 Å². The molecule has 1 aliphatic rings. The molecule has 0 fully saturated rings. The first-order valence-corrected chi connectivity index (χ1v) is 7.03. The fraction of sp³-hybridized carbons (Fsp3) is 0.375. The maximum absolute atomic E-state index is 9.19. The van der Waals surface area contributed by atoms with Gasteiger partial charge < -0.3 is 10.0 Å². The van der Waals surface area contributed by atoms with Crippen LogP contribution in [-0.4, -0.2) is 28.2 Å². The third-order valence-electron chi connectivity index (χ3n) is 3.94. The molecular weight excluding hydrogens is 250 g/mol. The van der Waals surface area contributed by atoms with Gasteiger partial charge in [0, 0.05) is 30.5 Å². The molecule has 1 aliphatic heterocycles. The van der Waals surface area contributed by atoms with Crippen LogP contribution in [0.25, 0.3) is 0 Å². The van der Waals surface area contributed by atoms with Crippen LogP contribution in [0.5, 0.6) is 0 Å². The van der Waals surface area contributed by atoms with Crippen LogP contribution in [0.1, 0.15) is 22.4 Å². The van der Waals surface area contributed by atoms with Crippen molar-refractivity contribution in [3.05, 3.63) is 52.8 Å². The highest BCUT2D eigenvalue weighted by atomic mass is 16.3. The molecule has 2 heterocycles. The minimum absolute atomic E-state index is 0.00243. The molecular formula is C16H19N3O. The lowest BCUT2D eigenvalue weighted by Crippen LogP contribution is -2.28. The average Bonchev–Trinajstić information content (AvgIpc) is 2.70. The van der Waals surface area contributed by atoms with Crippen LogP contribution in [0, 0.1) is 6.92 Å². The summed E-state index contributed by atoms with van der Waals surface area (Å²) in [5.74, 6) is 0.771. The Labute approximate surface area is 119 Å². The summed E-state index contributed by atoms with van der Waals surface area (Å²) in [6, 6.07) is 8.62. The summed E-state index contributed by atoms with van der Waals surface area (Å²) in [6.07, 6.45) is 3.79. The van der Waals surface area contributed by atoms with Crippen molar-refractivity contribution in [2.24, 2.45) is 0 Å². The van der Waals surface area contributed by atoms with Gasteiger partial charge >= 0.3 is 0 Å². The van der Waals surface area contributed by atoms with Crippen molar-refractivity contribution in [3.8, 4) is 0 Å². The van der Waals surface area contributed by atoms with E-state index in [1.807, 2.05) is 6.92 Å². The molecule has 0 saturated carbocycles. The van der Waals surface area contributed by atoms with Gasteiger partial charge in [-0.1, -0.05) is 24.3 Å². The molecule has 0 radical (unpaired) electrons. The first-order chi connectivity index (χ1) is 9.78. The van der Waals surface area contributed by atoms with Crippen molar-refractivity contribution >= 4 is 5.95 Å². The first-order valence-electron chi connectivity index (χ1n) is 7.03. The molecule has 1 aromatic carbocycles.